The van der Waals surface area contributed by atoms with Gasteiger partial charge in [-0.05, 0) is 24.1 Å². The molecule has 0 bridgehead atoms. The van der Waals surface area contributed by atoms with Crippen molar-refractivity contribution >= 4 is 11.9 Å². The Hall–Kier alpha value is -2.63. The highest BCUT2D eigenvalue weighted by atomic mass is 16.4. The summed E-state index contributed by atoms with van der Waals surface area (Å²) in [6, 6.07) is 7.57. The third kappa shape index (κ3) is 1.87. The van der Waals surface area contributed by atoms with Gasteiger partial charge in [0.1, 0.15) is 18.1 Å². The molecule has 2 aromatic rings. The summed E-state index contributed by atoms with van der Waals surface area (Å²) in [5, 5.41) is 16.0. The molecule has 0 spiro atoms. The third-order valence-corrected chi connectivity index (χ3v) is 3.15. The SMILES string of the molecule is Cc1ccccc1[C@H]1C=C(C(=O)O)Nc2ncnn21. The highest BCUT2D eigenvalue weighted by Gasteiger charge is 2.26. The second-order valence-corrected chi connectivity index (χ2v) is 4.34. The molecule has 0 fully saturated rings. The van der Waals surface area contributed by atoms with Gasteiger partial charge in [-0.25, -0.2) is 9.48 Å². The minimum absolute atomic E-state index is 0.119. The van der Waals surface area contributed by atoms with Gasteiger partial charge in [0.25, 0.3) is 0 Å². The fraction of sp³-hybridized carbons (Fsp3) is 0.154. The molecule has 96 valence electrons. The molecule has 0 unspecified atom stereocenters. The van der Waals surface area contributed by atoms with Crippen molar-refractivity contribution in [2.75, 3.05) is 5.32 Å². The molecule has 6 heteroatoms. The fourth-order valence-electron chi connectivity index (χ4n) is 2.20. The number of rotatable bonds is 2. The maximum atomic E-state index is 11.2. The predicted molar refractivity (Wildman–Crippen MR) is 68.7 cm³/mol. The predicted octanol–water partition coefficient (Wildman–Crippen LogP) is 1.57. The minimum atomic E-state index is -1.01. The van der Waals surface area contributed by atoms with Crippen LogP contribution in [0.4, 0.5) is 5.95 Å². The average molecular weight is 256 g/mol. The summed E-state index contributed by atoms with van der Waals surface area (Å²) in [6.45, 7) is 1.99. The summed E-state index contributed by atoms with van der Waals surface area (Å²) in [4.78, 5) is 15.2. The number of nitrogens with one attached hydrogen (secondary N) is 1. The molecule has 0 aliphatic carbocycles. The average Bonchev–Trinajstić information content (AvgIpc) is 2.86. The number of anilines is 1. The Kier molecular flexibility index (Phi) is 2.56. The van der Waals surface area contributed by atoms with Gasteiger partial charge in [0, 0.05) is 0 Å². The first kappa shape index (κ1) is 11.5. The molecule has 0 radical (unpaired) electrons. The fourth-order valence-corrected chi connectivity index (χ4v) is 2.20. The molecule has 0 amide bonds. The van der Waals surface area contributed by atoms with E-state index in [1.54, 1.807) is 10.8 Å². The van der Waals surface area contributed by atoms with Crippen molar-refractivity contribution in [1.29, 1.82) is 0 Å². The lowest BCUT2D eigenvalue weighted by Gasteiger charge is -2.23. The molecule has 0 saturated carbocycles. The van der Waals surface area contributed by atoms with Crippen LogP contribution in [0.5, 0.6) is 0 Å². The molecule has 1 aromatic heterocycles. The van der Waals surface area contributed by atoms with Gasteiger partial charge in [-0.3, -0.25) is 0 Å². The number of aromatic nitrogens is 3. The van der Waals surface area contributed by atoms with Gasteiger partial charge >= 0.3 is 5.97 Å². The second kappa shape index (κ2) is 4.24. The zero-order chi connectivity index (χ0) is 13.4. The lowest BCUT2D eigenvalue weighted by atomic mass is 9.99. The highest BCUT2D eigenvalue weighted by Crippen LogP contribution is 2.29. The zero-order valence-corrected chi connectivity index (χ0v) is 10.2. The van der Waals surface area contributed by atoms with Crippen LogP contribution in [0.15, 0.2) is 42.4 Å². The first-order valence-electron chi connectivity index (χ1n) is 5.84. The van der Waals surface area contributed by atoms with E-state index < -0.39 is 5.97 Å². The van der Waals surface area contributed by atoms with Crippen LogP contribution in [0, 0.1) is 6.92 Å². The summed E-state index contributed by atoms with van der Waals surface area (Å²) in [5.41, 5.74) is 2.21. The third-order valence-electron chi connectivity index (χ3n) is 3.15. The number of carboxylic acids is 1. The Labute approximate surface area is 109 Å². The summed E-state index contributed by atoms with van der Waals surface area (Å²) >= 11 is 0. The number of nitrogens with zero attached hydrogens (tertiary/aromatic N) is 3. The Bertz CT molecular complexity index is 675. The quantitative estimate of drug-likeness (QED) is 0.852. The number of aryl methyl sites for hydroxylation is 1. The molecule has 6 nitrogen and oxygen atoms in total. The molecule has 3 rings (SSSR count). The van der Waals surface area contributed by atoms with Crippen molar-refractivity contribution in [1.82, 2.24) is 14.8 Å². The molecule has 2 N–H and O–H groups in total. The summed E-state index contributed by atoms with van der Waals surface area (Å²) < 4.78 is 1.68. The number of benzene rings is 1. The van der Waals surface area contributed by atoms with Crippen LogP contribution in [0.2, 0.25) is 0 Å². The number of allylic oxidation sites excluding steroid dienone is 1. The van der Waals surface area contributed by atoms with Crippen LogP contribution in [0.1, 0.15) is 17.2 Å². The maximum Gasteiger partial charge on any atom is 0.352 e. The topological polar surface area (TPSA) is 80.0 Å². The highest BCUT2D eigenvalue weighted by molar-refractivity contribution is 5.90. The molecule has 1 aliphatic rings. The van der Waals surface area contributed by atoms with E-state index in [1.807, 2.05) is 31.2 Å². The Morgan fingerprint density at radius 1 is 1.42 bits per heavy atom. The number of carboxylic acid groups (broad SMARTS) is 1. The molecule has 1 atom stereocenters. The molecule has 1 aromatic carbocycles. The monoisotopic (exact) mass is 256 g/mol. The number of hydrogen-bond donors (Lipinski definition) is 2. The van der Waals surface area contributed by atoms with Gasteiger partial charge in [0.2, 0.25) is 5.95 Å². The Morgan fingerprint density at radius 2 is 2.21 bits per heavy atom. The maximum absolute atomic E-state index is 11.2. The van der Waals surface area contributed by atoms with E-state index in [2.05, 4.69) is 15.4 Å². The smallest absolute Gasteiger partial charge is 0.352 e. The summed E-state index contributed by atoms with van der Waals surface area (Å²) in [5.74, 6) is -0.569. The van der Waals surface area contributed by atoms with Gasteiger partial charge in [-0.2, -0.15) is 10.1 Å². The van der Waals surface area contributed by atoms with Crippen LogP contribution in [-0.4, -0.2) is 25.8 Å². The first-order valence-corrected chi connectivity index (χ1v) is 5.84. The molecular formula is C13H12N4O2. The van der Waals surface area contributed by atoms with Gasteiger partial charge in [-0.1, -0.05) is 24.3 Å². The Balaban J connectivity index is 2.15. The molecule has 19 heavy (non-hydrogen) atoms. The largest absolute Gasteiger partial charge is 0.477 e. The minimum Gasteiger partial charge on any atom is -0.477 e. The van der Waals surface area contributed by atoms with Gasteiger partial charge in [0.05, 0.1) is 0 Å². The summed E-state index contributed by atoms with van der Waals surface area (Å²) in [6.07, 6.45) is 3.05. The van der Waals surface area contributed by atoms with Gasteiger partial charge < -0.3 is 10.4 Å². The number of fused-ring (bicyclic) bond motifs is 1. The number of carbonyl (C=O) groups is 1. The van der Waals surface area contributed by atoms with Crippen molar-refractivity contribution in [2.45, 2.75) is 13.0 Å². The Morgan fingerprint density at radius 3 is 2.95 bits per heavy atom. The van der Waals surface area contributed by atoms with Gasteiger partial charge in [0.15, 0.2) is 0 Å². The van der Waals surface area contributed by atoms with Crippen molar-refractivity contribution in [3.05, 3.63) is 53.5 Å². The van der Waals surface area contributed by atoms with Crippen LogP contribution >= 0.6 is 0 Å². The van der Waals surface area contributed by atoms with E-state index in [1.165, 1.54) is 6.33 Å². The van der Waals surface area contributed by atoms with Crippen LogP contribution in [-0.2, 0) is 4.79 Å². The van der Waals surface area contributed by atoms with Crippen LogP contribution in [0.3, 0.4) is 0 Å². The lowest BCUT2D eigenvalue weighted by Crippen LogP contribution is -2.24. The van der Waals surface area contributed by atoms with Crippen molar-refractivity contribution in [3.63, 3.8) is 0 Å². The molecule has 0 saturated heterocycles. The molecule has 2 heterocycles. The van der Waals surface area contributed by atoms with E-state index in [-0.39, 0.29) is 11.7 Å². The van der Waals surface area contributed by atoms with Crippen LogP contribution in [0.25, 0.3) is 0 Å². The van der Waals surface area contributed by atoms with E-state index in [0.717, 1.165) is 11.1 Å². The molecular weight excluding hydrogens is 244 g/mol. The van der Waals surface area contributed by atoms with Crippen molar-refractivity contribution in [2.24, 2.45) is 0 Å². The van der Waals surface area contributed by atoms with E-state index in [0.29, 0.717) is 5.95 Å². The van der Waals surface area contributed by atoms with Gasteiger partial charge in [-0.15, -0.1) is 0 Å². The summed E-state index contributed by atoms with van der Waals surface area (Å²) in [7, 11) is 0. The zero-order valence-electron chi connectivity index (χ0n) is 10.2. The molecule has 1 aliphatic heterocycles. The van der Waals surface area contributed by atoms with Crippen molar-refractivity contribution in [3.8, 4) is 0 Å². The van der Waals surface area contributed by atoms with E-state index in [4.69, 9.17) is 5.11 Å². The van der Waals surface area contributed by atoms with E-state index >= 15 is 0 Å². The second-order valence-electron chi connectivity index (χ2n) is 4.34. The van der Waals surface area contributed by atoms with Crippen molar-refractivity contribution < 1.29 is 9.90 Å². The van der Waals surface area contributed by atoms with Crippen LogP contribution < -0.4 is 5.32 Å². The van der Waals surface area contributed by atoms with E-state index in [9.17, 15) is 4.79 Å². The normalized spacial score (nSPS) is 17.3. The lowest BCUT2D eigenvalue weighted by molar-refractivity contribution is -0.132. The standard InChI is InChI=1S/C13H12N4O2/c1-8-4-2-3-5-9(8)11-6-10(12(18)19)16-13-14-7-15-17(11)13/h2-7,11H,1H3,(H,18,19)(H,14,15,16)/t11-/m1/s1. The first-order chi connectivity index (χ1) is 9.16. The number of aliphatic carboxylic acids is 1. The number of hydrogen-bond acceptors (Lipinski definition) is 4.